The van der Waals surface area contributed by atoms with Gasteiger partial charge in [-0.15, -0.1) is 0 Å². The number of nitrogens with zero attached hydrogens (tertiary/aromatic N) is 2. The molecule has 2 fully saturated rings. The summed E-state index contributed by atoms with van der Waals surface area (Å²) >= 11 is 0. The van der Waals surface area contributed by atoms with Crippen molar-refractivity contribution >= 4 is 27.6 Å². The van der Waals surface area contributed by atoms with Crippen LogP contribution in [0.4, 0.5) is 20.7 Å². The lowest BCUT2D eigenvalue weighted by Gasteiger charge is -2.47. The first-order valence-electron chi connectivity index (χ1n) is 10.8. The summed E-state index contributed by atoms with van der Waals surface area (Å²) in [7, 11) is -3.63. The number of ether oxygens (including phenoxy) is 1. The van der Waals surface area contributed by atoms with Crippen LogP contribution < -0.4 is 10.0 Å². The molecule has 3 N–H and O–H groups in total. The maximum Gasteiger partial charge on any atom is 0.410 e. The van der Waals surface area contributed by atoms with Gasteiger partial charge in [0, 0.05) is 41.9 Å². The number of nitrogens with one attached hydrogen (secondary N) is 3. The van der Waals surface area contributed by atoms with Crippen LogP contribution in [0.15, 0.2) is 23.1 Å². The van der Waals surface area contributed by atoms with Crippen LogP contribution in [-0.4, -0.2) is 47.8 Å². The molecule has 5 rings (SSSR count). The Morgan fingerprint density at radius 3 is 2.88 bits per heavy atom. The number of carbonyl (C=O) groups excluding carboxylic acids is 1. The third kappa shape index (κ3) is 3.62. The number of sulfonamides is 1. The zero-order valence-electron chi connectivity index (χ0n) is 17.9. The number of H-pyrrole nitrogens is 1. The number of amides is 1. The summed E-state index contributed by atoms with van der Waals surface area (Å²) in [4.78, 5) is 14.1. The number of halogens is 1. The molecule has 2 aliphatic heterocycles. The number of hydrogen-bond acceptors (Lipinski definition) is 6. The van der Waals surface area contributed by atoms with E-state index in [0.29, 0.717) is 12.2 Å². The normalized spacial score (nSPS) is 25.3. The van der Waals surface area contributed by atoms with Gasteiger partial charge in [0.25, 0.3) is 0 Å². The van der Waals surface area contributed by atoms with Gasteiger partial charge < -0.3 is 15.0 Å². The number of likely N-dealkylation sites (tertiary alicyclic amines) is 1. The smallest absolute Gasteiger partial charge is 0.410 e. The molecular weight excluding hydrogens is 437 g/mol. The molecule has 2 aromatic rings. The quantitative estimate of drug-likeness (QED) is 0.640. The van der Waals surface area contributed by atoms with Gasteiger partial charge in [0.2, 0.25) is 10.0 Å². The molecule has 0 radical (unpaired) electrons. The number of aromatic nitrogens is 2. The molecule has 3 aliphatic rings. The second kappa shape index (κ2) is 7.45. The lowest BCUT2D eigenvalue weighted by molar-refractivity contribution is -0.0101. The van der Waals surface area contributed by atoms with Crippen molar-refractivity contribution in [3.63, 3.8) is 0 Å². The zero-order valence-corrected chi connectivity index (χ0v) is 18.8. The summed E-state index contributed by atoms with van der Waals surface area (Å²) in [5, 5.41) is 10.1. The van der Waals surface area contributed by atoms with Crippen LogP contribution >= 0.6 is 0 Å². The van der Waals surface area contributed by atoms with E-state index in [9.17, 15) is 17.6 Å². The highest BCUT2D eigenvalue weighted by atomic mass is 32.2. The van der Waals surface area contributed by atoms with Crippen LogP contribution in [0.3, 0.4) is 0 Å². The molecule has 1 aromatic heterocycles. The predicted octanol–water partition coefficient (Wildman–Crippen LogP) is 3.34. The number of carbonyl (C=O) groups is 1. The van der Waals surface area contributed by atoms with E-state index in [2.05, 4.69) is 20.2 Å². The van der Waals surface area contributed by atoms with Gasteiger partial charge in [0.15, 0.2) is 11.6 Å². The van der Waals surface area contributed by atoms with Crippen molar-refractivity contribution in [2.24, 2.45) is 0 Å². The zero-order chi connectivity index (χ0) is 22.7. The highest BCUT2D eigenvalue weighted by Gasteiger charge is 2.42. The minimum atomic E-state index is -3.63. The molecular formula is C21H26FN5O4S. The number of aromatic amines is 1. The van der Waals surface area contributed by atoms with Gasteiger partial charge in [-0.3, -0.25) is 5.10 Å². The molecule has 3 heterocycles. The number of hydrogen-bond donors (Lipinski definition) is 3. The van der Waals surface area contributed by atoms with Gasteiger partial charge in [-0.2, -0.15) is 5.10 Å². The van der Waals surface area contributed by atoms with E-state index in [1.165, 1.54) is 12.1 Å². The fraction of sp³-hybridized carbons (Fsp3) is 0.524. The fourth-order valence-electron chi connectivity index (χ4n) is 4.65. The largest absolute Gasteiger partial charge is 0.446 e. The molecule has 32 heavy (non-hydrogen) atoms. The molecule has 0 spiro atoms. The highest BCUT2D eigenvalue weighted by molar-refractivity contribution is 7.89. The molecule has 0 unspecified atom stereocenters. The minimum Gasteiger partial charge on any atom is -0.446 e. The van der Waals surface area contributed by atoms with Crippen molar-refractivity contribution < 1.29 is 22.3 Å². The number of fused-ring (bicyclic) bond motifs is 1. The van der Waals surface area contributed by atoms with Gasteiger partial charge in [0.05, 0.1) is 10.6 Å². The van der Waals surface area contributed by atoms with Crippen LogP contribution in [0.1, 0.15) is 56.7 Å². The minimum absolute atomic E-state index is 0.0311. The molecule has 1 saturated heterocycles. The number of benzene rings is 1. The molecule has 172 valence electrons. The van der Waals surface area contributed by atoms with E-state index in [0.717, 1.165) is 31.5 Å². The Kier molecular flexibility index (Phi) is 4.93. The molecule has 0 bridgehead atoms. The third-order valence-electron chi connectivity index (χ3n) is 6.78. The van der Waals surface area contributed by atoms with Crippen LogP contribution in [0.2, 0.25) is 0 Å². The summed E-state index contributed by atoms with van der Waals surface area (Å²) < 4.78 is 46.5. The van der Waals surface area contributed by atoms with E-state index < -0.39 is 15.8 Å². The van der Waals surface area contributed by atoms with Crippen molar-refractivity contribution in [1.82, 2.24) is 19.8 Å². The average Bonchev–Trinajstić information content (AvgIpc) is 3.43. The van der Waals surface area contributed by atoms with Gasteiger partial charge in [0.1, 0.15) is 6.10 Å². The second-order valence-corrected chi connectivity index (χ2v) is 11.0. The first kappa shape index (κ1) is 21.2. The lowest BCUT2D eigenvalue weighted by Crippen LogP contribution is -2.58. The standard InChI is InChI=1S/C21H26FN5O4S/c1-21(2)7-8-27(21)20(28)31-13-4-3-12(9-13)16-10-18(26-25-16)24-15-5-6-17-14(19(15)22)11-23-32(17,29)30/h5-6,10,12-13,23H,3-4,7-9,11H2,1-2H3,(H2,24,25,26)/t12-,13+/m1/s1. The lowest BCUT2D eigenvalue weighted by atomic mass is 9.90. The Labute approximate surface area is 185 Å². The third-order valence-corrected chi connectivity index (χ3v) is 8.27. The van der Waals surface area contributed by atoms with E-state index in [1.807, 2.05) is 19.9 Å². The van der Waals surface area contributed by atoms with Gasteiger partial charge in [-0.1, -0.05) is 0 Å². The molecule has 1 amide bonds. The van der Waals surface area contributed by atoms with Crippen molar-refractivity contribution in [3.05, 3.63) is 35.3 Å². The Bertz CT molecular complexity index is 1180. The van der Waals surface area contributed by atoms with Crippen LogP contribution in [0.5, 0.6) is 0 Å². The van der Waals surface area contributed by atoms with Crippen LogP contribution in [0, 0.1) is 5.82 Å². The maximum atomic E-state index is 14.8. The number of rotatable bonds is 4. The summed E-state index contributed by atoms with van der Waals surface area (Å²) in [5.41, 5.74) is 1.04. The summed E-state index contributed by atoms with van der Waals surface area (Å²) in [6.07, 6.45) is 2.96. The van der Waals surface area contributed by atoms with E-state index in [1.54, 1.807) is 4.90 Å². The molecule has 2 atom stereocenters. The van der Waals surface area contributed by atoms with E-state index in [4.69, 9.17) is 4.74 Å². The van der Waals surface area contributed by atoms with Crippen LogP contribution in [-0.2, 0) is 21.3 Å². The van der Waals surface area contributed by atoms with Gasteiger partial charge in [-0.25, -0.2) is 22.3 Å². The average molecular weight is 464 g/mol. The Morgan fingerprint density at radius 1 is 1.34 bits per heavy atom. The SMILES string of the molecule is CC1(C)CCN1C(=O)O[C@H]1CC[C@@H](c2cc(Nc3ccc4c(c3F)CNS4(=O)=O)n[nH]2)C1. The molecule has 11 heteroatoms. The monoisotopic (exact) mass is 463 g/mol. The Hall–Kier alpha value is -2.66. The first-order valence-corrected chi connectivity index (χ1v) is 12.2. The van der Waals surface area contributed by atoms with Gasteiger partial charge >= 0.3 is 6.09 Å². The van der Waals surface area contributed by atoms with Crippen molar-refractivity contribution in [3.8, 4) is 0 Å². The Morgan fingerprint density at radius 2 is 2.16 bits per heavy atom. The van der Waals surface area contributed by atoms with Crippen molar-refractivity contribution in [2.75, 3.05) is 11.9 Å². The van der Waals surface area contributed by atoms with Crippen molar-refractivity contribution in [2.45, 2.75) is 68.5 Å². The Balaban J connectivity index is 1.22. The van der Waals surface area contributed by atoms with E-state index in [-0.39, 0.29) is 46.3 Å². The molecule has 9 nitrogen and oxygen atoms in total. The van der Waals surface area contributed by atoms with Gasteiger partial charge in [-0.05, 0) is 51.7 Å². The maximum absolute atomic E-state index is 14.8. The summed E-state index contributed by atoms with van der Waals surface area (Å²) in [6.45, 7) is 4.74. The van der Waals surface area contributed by atoms with E-state index >= 15 is 0 Å². The second-order valence-electron chi connectivity index (χ2n) is 9.29. The molecule has 1 aromatic carbocycles. The van der Waals surface area contributed by atoms with Crippen molar-refractivity contribution in [1.29, 1.82) is 0 Å². The first-order chi connectivity index (χ1) is 15.1. The molecule has 1 saturated carbocycles. The fourth-order valence-corrected chi connectivity index (χ4v) is 5.88. The summed E-state index contributed by atoms with van der Waals surface area (Å²) in [6, 6.07) is 4.60. The highest BCUT2D eigenvalue weighted by Crippen LogP contribution is 2.38. The summed E-state index contributed by atoms with van der Waals surface area (Å²) in [5.74, 6) is -0.00251. The topological polar surface area (TPSA) is 116 Å². The predicted molar refractivity (Wildman–Crippen MR) is 115 cm³/mol. The molecule has 1 aliphatic carbocycles. The van der Waals surface area contributed by atoms with Crippen LogP contribution in [0.25, 0.3) is 0 Å². The number of anilines is 2.